The first-order chi connectivity index (χ1) is 27.1. The molecule has 1 aliphatic heterocycles. The van der Waals surface area contributed by atoms with Crippen molar-refractivity contribution in [2.24, 2.45) is 17.6 Å². The zero-order valence-corrected chi connectivity index (χ0v) is 34.5. The number of H-pyrrole nitrogens is 1. The molecule has 3 aromatic rings. The number of fused-ring (bicyclic) bond motifs is 1. The standard InChI is InChI=1S/C15H25NO3S.C13H17N3O3.C13H17N3O2/c1-3-4-5-6-7-8-12-11-13(12)14(17)16-20(18,19)15(2)9-10-15;1-4-19-13(18)14-9-6-5-7-10-11(9)15-12(17)16(10)8(2)3;14-13(18)11-7-4-8-16(11)12(17)9-15-10-5-2-1-3-6-10/h7-8,12-13H,3-6,9-11H2,1-2H3,(H,16,17);5-8H,4H2,1-3H3,(H,14,18)(H,15,17);1-3,5-6,11,15H,4,7-9H2,(H2,14,18)/b8-7-;;/t12?,13-;;/m0../s1. The van der Waals surface area contributed by atoms with Crippen LogP contribution < -0.4 is 26.8 Å². The van der Waals surface area contributed by atoms with Crippen LogP contribution >= 0.6 is 0 Å². The monoisotopic (exact) mass is 809 g/mol. The van der Waals surface area contributed by atoms with Crippen molar-refractivity contribution in [3.05, 3.63) is 71.2 Å². The van der Waals surface area contributed by atoms with E-state index in [9.17, 15) is 32.4 Å². The fraction of sp³-hybridized carbons (Fsp3) is 0.537. The number of aromatic nitrogens is 2. The van der Waals surface area contributed by atoms with Gasteiger partial charge in [-0.15, -0.1) is 0 Å². The third-order valence-corrected chi connectivity index (χ3v) is 12.4. The second-order valence-corrected chi connectivity index (χ2v) is 17.4. The number of imidazole rings is 1. The number of aromatic amines is 1. The van der Waals surface area contributed by atoms with Crippen molar-refractivity contribution in [1.82, 2.24) is 19.2 Å². The maximum Gasteiger partial charge on any atom is 0.411 e. The molecule has 4 amide bonds. The first-order valence-corrected chi connectivity index (χ1v) is 21.4. The van der Waals surface area contributed by atoms with Gasteiger partial charge in [-0.25, -0.2) is 18.0 Å². The summed E-state index contributed by atoms with van der Waals surface area (Å²) in [6.07, 6.45) is 11.9. The van der Waals surface area contributed by atoms with Crippen molar-refractivity contribution < 1.29 is 32.3 Å². The fourth-order valence-corrected chi connectivity index (χ4v) is 7.83. The van der Waals surface area contributed by atoms with Gasteiger partial charge in [0.2, 0.25) is 27.7 Å². The number of carbonyl (C=O) groups excluding carboxylic acids is 4. The number of sulfonamides is 1. The summed E-state index contributed by atoms with van der Waals surface area (Å²) in [5.74, 6) is -0.726. The van der Waals surface area contributed by atoms with Crippen LogP contribution in [0.5, 0.6) is 0 Å². The molecule has 57 heavy (non-hydrogen) atoms. The van der Waals surface area contributed by atoms with Crippen LogP contribution in [0.3, 0.4) is 0 Å². The Morgan fingerprint density at radius 2 is 1.77 bits per heavy atom. The molecule has 3 fully saturated rings. The van der Waals surface area contributed by atoms with E-state index in [-0.39, 0.29) is 41.9 Å². The van der Waals surface area contributed by atoms with E-state index < -0.39 is 32.8 Å². The zero-order valence-electron chi connectivity index (χ0n) is 33.7. The Kier molecular flexibility index (Phi) is 15.9. The fourth-order valence-electron chi connectivity index (χ4n) is 6.53. The van der Waals surface area contributed by atoms with Gasteiger partial charge in [0, 0.05) is 24.2 Å². The highest BCUT2D eigenvalue weighted by molar-refractivity contribution is 7.91. The van der Waals surface area contributed by atoms with E-state index in [1.807, 2.05) is 50.2 Å². The molecule has 15 nitrogen and oxygen atoms in total. The molecule has 0 radical (unpaired) electrons. The van der Waals surface area contributed by atoms with Crippen LogP contribution in [0, 0.1) is 11.8 Å². The van der Waals surface area contributed by atoms with Crippen LogP contribution in [0.1, 0.15) is 98.4 Å². The molecule has 16 heteroatoms. The predicted octanol–water partition coefficient (Wildman–Crippen LogP) is 5.81. The lowest BCUT2D eigenvalue weighted by Crippen LogP contribution is -2.45. The minimum absolute atomic E-state index is 0.0408. The lowest BCUT2D eigenvalue weighted by molar-refractivity contribution is -0.135. The molecule has 0 bridgehead atoms. The number of anilines is 2. The Labute approximate surface area is 335 Å². The van der Waals surface area contributed by atoms with Crippen molar-refractivity contribution in [2.45, 2.75) is 109 Å². The number of hydrogen-bond acceptors (Lipinski definition) is 9. The first kappa shape index (κ1) is 44.6. The second kappa shape index (κ2) is 20.3. The van der Waals surface area contributed by atoms with E-state index in [1.165, 1.54) is 19.3 Å². The Morgan fingerprint density at radius 3 is 2.40 bits per heavy atom. The Balaban J connectivity index is 0.000000190. The smallest absolute Gasteiger partial charge is 0.411 e. The summed E-state index contributed by atoms with van der Waals surface area (Å²) in [6.45, 7) is 10.6. The Bertz CT molecular complexity index is 2040. The summed E-state index contributed by atoms with van der Waals surface area (Å²) >= 11 is 0. The van der Waals surface area contributed by atoms with Crippen LogP contribution in [0.25, 0.3) is 11.0 Å². The maximum absolute atomic E-state index is 12.0. The first-order valence-electron chi connectivity index (χ1n) is 19.9. The molecule has 0 spiro atoms. The molecule has 6 N–H and O–H groups in total. The molecule has 3 atom stereocenters. The number of likely N-dealkylation sites (tertiary alicyclic amines) is 1. The number of allylic oxidation sites excluding steroid dienone is 2. The Morgan fingerprint density at radius 1 is 1.05 bits per heavy atom. The summed E-state index contributed by atoms with van der Waals surface area (Å²) in [5, 5.41) is 5.66. The largest absolute Gasteiger partial charge is 0.450 e. The number of nitrogens with one attached hydrogen (secondary N) is 4. The van der Waals surface area contributed by atoms with Gasteiger partial charge in [0.1, 0.15) is 6.04 Å². The summed E-state index contributed by atoms with van der Waals surface area (Å²) in [5.41, 5.74) is 7.88. The molecule has 2 heterocycles. The van der Waals surface area contributed by atoms with E-state index in [1.54, 1.807) is 35.4 Å². The molecule has 2 saturated carbocycles. The highest BCUT2D eigenvalue weighted by atomic mass is 32.2. The summed E-state index contributed by atoms with van der Waals surface area (Å²) in [7, 11) is -3.47. The summed E-state index contributed by atoms with van der Waals surface area (Å²) in [4.78, 5) is 62.8. The number of carbonyl (C=O) groups is 4. The van der Waals surface area contributed by atoms with E-state index in [0.29, 0.717) is 43.6 Å². The van der Waals surface area contributed by atoms with Gasteiger partial charge in [0.05, 0.1) is 34.6 Å². The number of primary amides is 1. The molecular formula is C41H59N7O8S. The molecule has 2 aliphatic carbocycles. The van der Waals surface area contributed by atoms with Gasteiger partial charge < -0.3 is 25.7 Å². The van der Waals surface area contributed by atoms with Crippen molar-refractivity contribution in [3.8, 4) is 0 Å². The summed E-state index contributed by atoms with van der Waals surface area (Å²) < 4.78 is 31.9. The van der Waals surface area contributed by atoms with Gasteiger partial charge in [-0.2, -0.15) is 0 Å². The van der Waals surface area contributed by atoms with Gasteiger partial charge in [-0.3, -0.25) is 29.0 Å². The van der Waals surface area contributed by atoms with Gasteiger partial charge in [-0.05, 0) is 103 Å². The number of rotatable bonds is 15. The molecule has 1 aromatic heterocycles. The minimum atomic E-state index is -3.47. The van der Waals surface area contributed by atoms with Crippen molar-refractivity contribution in [1.29, 1.82) is 0 Å². The topological polar surface area (TPSA) is 215 Å². The lowest BCUT2D eigenvalue weighted by Gasteiger charge is -2.22. The van der Waals surface area contributed by atoms with Crippen molar-refractivity contribution in [2.75, 3.05) is 30.3 Å². The summed E-state index contributed by atoms with van der Waals surface area (Å²) in [6, 6.07) is 14.4. The zero-order chi connectivity index (χ0) is 41.8. The predicted molar refractivity (Wildman–Crippen MR) is 222 cm³/mol. The van der Waals surface area contributed by atoms with Gasteiger partial charge in [-0.1, -0.05) is 56.2 Å². The highest BCUT2D eigenvalue weighted by Gasteiger charge is 2.52. The number of nitrogens with two attached hydrogens (primary N) is 1. The van der Waals surface area contributed by atoms with Crippen molar-refractivity contribution >= 4 is 56.2 Å². The van der Waals surface area contributed by atoms with E-state index in [0.717, 1.165) is 30.5 Å². The van der Waals surface area contributed by atoms with Crippen LogP contribution in [0.15, 0.2) is 65.5 Å². The number of para-hydroxylation sites is 2. The number of amides is 4. The normalized spacial score (nSPS) is 19.2. The molecule has 2 aromatic carbocycles. The Hall–Kier alpha value is -5.12. The molecule has 312 valence electrons. The molecule has 3 aliphatic rings. The molecule has 2 unspecified atom stereocenters. The van der Waals surface area contributed by atoms with E-state index in [4.69, 9.17) is 10.5 Å². The quantitative estimate of drug-likeness (QED) is 0.0924. The third-order valence-electron chi connectivity index (χ3n) is 10.3. The van der Waals surface area contributed by atoms with Crippen molar-refractivity contribution in [3.63, 3.8) is 0 Å². The second-order valence-electron chi connectivity index (χ2n) is 15.2. The SMILES string of the molecule is CCCCC/C=C\C1C[C@@H]1C(=O)NS(=O)(=O)C1(C)CC1.CCOC(=O)Nc1cccc2c1[nH]c(=O)n2C(C)C.NC(=O)C1CCCN1C(=O)CNc1ccccc1. The number of hydrogen-bond donors (Lipinski definition) is 5. The van der Waals surface area contributed by atoms with E-state index in [2.05, 4.69) is 39.4 Å². The van der Waals surface area contributed by atoms with Gasteiger partial charge >= 0.3 is 11.8 Å². The average molecular weight is 810 g/mol. The minimum Gasteiger partial charge on any atom is -0.450 e. The van der Waals surface area contributed by atoms with Crippen LogP contribution in [0.2, 0.25) is 0 Å². The molecule has 1 saturated heterocycles. The van der Waals surface area contributed by atoms with Crippen LogP contribution in [0.4, 0.5) is 16.2 Å². The average Bonchev–Trinajstić information content (AvgIpc) is 4.02. The third kappa shape index (κ3) is 12.4. The number of benzene rings is 2. The lowest BCUT2D eigenvalue weighted by atomic mass is 10.2. The molecular weight excluding hydrogens is 751 g/mol. The van der Waals surface area contributed by atoms with E-state index >= 15 is 0 Å². The van der Waals surface area contributed by atoms with Gasteiger partial charge in [0.15, 0.2) is 0 Å². The number of unbranched alkanes of at least 4 members (excludes halogenated alkanes) is 3. The van der Waals surface area contributed by atoms with Crippen LogP contribution in [-0.4, -0.2) is 77.2 Å². The molecule has 6 rings (SSSR count). The van der Waals surface area contributed by atoms with Crippen LogP contribution in [-0.2, 0) is 29.1 Å². The number of ether oxygens (including phenoxy) is 1. The highest BCUT2D eigenvalue weighted by Crippen LogP contribution is 2.44. The van der Waals surface area contributed by atoms with Gasteiger partial charge in [0.25, 0.3) is 0 Å². The number of nitrogens with zero attached hydrogens (tertiary/aromatic N) is 2. The maximum atomic E-state index is 12.0.